The molecule has 1 saturated heterocycles. The maximum absolute atomic E-state index is 13.4. The Balaban J connectivity index is 1.57. The fraction of sp³-hybridized carbons (Fsp3) is 0.143. The molecule has 0 spiro atoms. The van der Waals surface area contributed by atoms with Crippen LogP contribution >= 0.6 is 34.7 Å². The number of aliphatic hydroxyl groups excluding tert-OH is 1. The summed E-state index contributed by atoms with van der Waals surface area (Å²) in [6, 6.07) is 17.3. The monoisotopic (exact) mass is 592 g/mol. The number of hydrogen-bond acceptors (Lipinski definition) is 9. The second-order valence-corrected chi connectivity index (χ2v) is 11.7. The maximum Gasteiger partial charge on any atom is 0.301 e. The molecule has 4 aromatic rings. The van der Waals surface area contributed by atoms with Crippen LogP contribution in [0.15, 0.2) is 76.6 Å². The first kappa shape index (κ1) is 27.5. The van der Waals surface area contributed by atoms with Gasteiger partial charge in [0.15, 0.2) is 4.34 Å². The average Bonchev–Trinajstić information content (AvgIpc) is 3.51. The molecule has 1 aliphatic heterocycles. The number of halogens is 1. The normalized spacial score (nSPS) is 16.5. The highest BCUT2D eigenvalue weighted by Gasteiger charge is 2.48. The van der Waals surface area contributed by atoms with Crippen molar-refractivity contribution in [3.63, 3.8) is 0 Å². The summed E-state index contributed by atoms with van der Waals surface area (Å²) in [4.78, 5) is 38.8. The highest BCUT2D eigenvalue weighted by Crippen LogP contribution is 2.44. The fourth-order valence-corrected chi connectivity index (χ4v) is 6.29. The summed E-state index contributed by atoms with van der Waals surface area (Å²) in [6.45, 7) is 3.65. The van der Waals surface area contributed by atoms with Gasteiger partial charge in [-0.1, -0.05) is 64.5 Å². The van der Waals surface area contributed by atoms with Gasteiger partial charge in [0.1, 0.15) is 5.76 Å². The average molecular weight is 593 g/mol. The van der Waals surface area contributed by atoms with E-state index < -0.39 is 22.7 Å². The van der Waals surface area contributed by atoms with Crippen molar-refractivity contribution in [2.75, 3.05) is 4.90 Å². The smallest absolute Gasteiger partial charge is 0.301 e. The number of nitro benzene ring substituents is 1. The zero-order chi connectivity index (χ0) is 28.6. The lowest BCUT2D eigenvalue weighted by atomic mass is 9.93. The van der Waals surface area contributed by atoms with Crippen LogP contribution in [0.3, 0.4) is 0 Å². The number of rotatable bonds is 7. The number of benzene rings is 3. The Labute approximate surface area is 242 Å². The molecular weight excluding hydrogens is 572 g/mol. The van der Waals surface area contributed by atoms with Gasteiger partial charge in [-0.3, -0.25) is 24.6 Å². The summed E-state index contributed by atoms with van der Waals surface area (Å²) in [5, 5.41) is 31.9. The molecule has 9 nitrogen and oxygen atoms in total. The van der Waals surface area contributed by atoms with Crippen LogP contribution in [0.1, 0.15) is 33.9 Å². The lowest BCUT2D eigenvalue weighted by molar-refractivity contribution is -0.384. The predicted molar refractivity (Wildman–Crippen MR) is 155 cm³/mol. The van der Waals surface area contributed by atoms with Gasteiger partial charge in [-0.25, -0.2) is 0 Å². The van der Waals surface area contributed by atoms with Crippen LogP contribution in [0, 0.1) is 24.0 Å². The molecule has 5 rings (SSSR count). The summed E-state index contributed by atoms with van der Waals surface area (Å²) >= 11 is 8.51. The minimum absolute atomic E-state index is 0.127. The number of aliphatic hydroxyl groups is 1. The molecule has 12 heteroatoms. The van der Waals surface area contributed by atoms with E-state index in [2.05, 4.69) is 10.2 Å². The van der Waals surface area contributed by atoms with E-state index in [1.54, 1.807) is 25.1 Å². The van der Waals surface area contributed by atoms with Gasteiger partial charge in [0.2, 0.25) is 5.13 Å². The van der Waals surface area contributed by atoms with Crippen molar-refractivity contribution in [2.24, 2.45) is 0 Å². The van der Waals surface area contributed by atoms with Gasteiger partial charge < -0.3 is 5.11 Å². The summed E-state index contributed by atoms with van der Waals surface area (Å²) in [6.07, 6.45) is 0. The van der Waals surface area contributed by atoms with Crippen LogP contribution < -0.4 is 4.90 Å². The Kier molecular flexibility index (Phi) is 7.70. The third-order valence-electron chi connectivity index (χ3n) is 6.39. The second-order valence-electron chi connectivity index (χ2n) is 9.10. The highest BCUT2D eigenvalue weighted by molar-refractivity contribution is 8.00. The van der Waals surface area contributed by atoms with Crippen LogP contribution in [0.2, 0.25) is 5.02 Å². The fourth-order valence-electron chi connectivity index (χ4n) is 4.34. The first-order valence-electron chi connectivity index (χ1n) is 12.0. The summed E-state index contributed by atoms with van der Waals surface area (Å²) in [5.74, 6) is -1.50. The standard InChI is InChI=1S/C28H21ClN4O5S2/c1-15-3-4-16(2)21(13-15)24(34)22-23(18-7-11-20(12-8-18)33(37)38)32(26(36)25(22)35)27-30-31-28(40-27)39-14-17-5-9-19(29)10-6-17/h3-13,23,34H,14H2,1-2H3. The van der Waals surface area contributed by atoms with Gasteiger partial charge >= 0.3 is 5.91 Å². The van der Waals surface area contributed by atoms with E-state index in [1.807, 2.05) is 31.2 Å². The van der Waals surface area contributed by atoms with Crippen LogP contribution in [0.25, 0.3) is 5.76 Å². The van der Waals surface area contributed by atoms with Gasteiger partial charge in [-0.2, -0.15) is 0 Å². The van der Waals surface area contributed by atoms with Gasteiger partial charge in [0.25, 0.3) is 11.5 Å². The van der Waals surface area contributed by atoms with E-state index in [4.69, 9.17) is 11.6 Å². The molecule has 1 aliphatic rings. The van der Waals surface area contributed by atoms with Gasteiger partial charge in [-0.15, -0.1) is 10.2 Å². The zero-order valence-electron chi connectivity index (χ0n) is 21.2. The molecule has 0 bridgehead atoms. The maximum atomic E-state index is 13.4. The van der Waals surface area contributed by atoms with Crippen molar-refractivity contribution < 1.29 is 19.6 Å². The van der Waals surface area contributed by atoms with E-state index >= 15 is 0 Å². The Bertz CT molecular complexity index is 1670. The SMILES string of the molecule is Cc1ccc(C)c(C(O)=C2C(=O)C(=O)N(c3nnc(SCc4ccc(Cl)cc4)s3)C2c2ccc([N+](=O)[O-])cc2)c1. The summed E-state index contributed by atoms with van der Waals surface area (Å²) in [7, 11) is 0. The number of hydrogen-bond donors (Lipinski definition) is 1. The van der Waals surface area contributed by atoms with Gasteiger partial charge in [-0.05, 0) is 60.9 Å². The molecular formula is C28H21ClN4O5S2. The van der Waals surface area contributed by atoms with E-state index in [1.165, 1.54) is 40.9 Å². The minimum Gasteiger partial charge on any atom is -0.507 e. The molecule has 0 aliphatic carbocycles. The lowest BCUT2D eigenvalue weighted by Gasteiger charge is -2.22. The first-order valence-corrected chi connectivity index (χ1v) is 14.2. The van der Waals surface area contributed by atoms with E-state index in [-0.39, 0.29) is 22.2 Å². The van der Waals surface area contributed by atoms with Crippen molar-refractivity contribution in [3.8, 4) is 0 Å². The number of carbonyl (C=O) groups excluding carboxylic acids is 2. The Hall–Kier alpha value is -4.06. The molecule has 0 radical (unpaired) electrons. The van der Waals surface area contributed by atoms with Crippen molar-refractivity contribution in [3.05, 3.63) is 115 Å². The molecule has 1 amide bonds. The summed E-state index contributed by atoms with van der Waals surface area (Å²) in [5.41, 5.74) is 3.15. The number of aryl methyl sites for hydroxylation is 2. The van der Waals surface area contributed by atoms with Crippen molar-refractivity contribution in [2.45, 2.75) is 30.0 Å². The van der Waals surface area contributed by atoms with Crippen LogP contribution in [-0.2, 0) is 15.3 Å². The number of anilines is 1. The number of thioether (sulfide) groups is 1. The Morgan fingerprint density at radius 1 is 1.07 bits per heavy atom. The molecule has 40 heavy (non-hydrogen) atoms. The molecule has 1 aromatic heterocycles. The van der Waals surface area contributed by atoms with E-state index in [0.29, 0.717) is 31.8 Å². The highest BCUT2D eigenvalue weighted by atomic mass is 35.5. The van der Waals surface area contributed by atoms with Crippen LogP contribution in [0.4, 0.5) is 10.8 Å². The molecule has 0 saturated carbocycles. The number of nitro groups is 1. The molecule has 202 valence electrons. The van der Waals surface area contributed by atoms with Crippen molar-refractivity contribution >= 4 is 63.0 Å². The number of aromatic nitrogens is 2. The number of amides is 1. The van der Waals surface area contributed by atoms with Crippen molar-refractivity contribution in [1.29, 1.82) is 0 Å². The second kappa shape index (κ2) is 11.2. The van der Waals surface area contributed by atoms with Crippen LogP contribution in [0.5, 0.6) is 0 Å². The largest absolute Gasteiger partial charge is 0.507 e. The number of nitrogens with zero attached hydrogens (tertiary/aromatic N) is 4. The molecule has 1 fully saturated rings. The van der Waals surface area contributed by atoms with Crippen LogP contribution in [-0.4, -0.2) is 31.9 Å². The topological polar surface area (TPSA) is 127 Å². The number of non-ortho nitro benzene ring substituents is 1. The lowest BCUT2D eigenvalue weighted by Crippen LogP contribution is -2.29. The predicted octanol–water partition coefficient (Wildman–Crippen LogP) is 6.64. The van der Waals surface area contributed by atoms with Gasteiger partial charge in [0, 0.05) is 28.5 Å². The van der Waals surface area contributed by atoms with E-state index in [9.17, 15) is 24.8 Å². The Morgan fingerprint density at radius 2 is 1.77 bits per heavy atom. The third kappa shape index (κ3) is 5.35. The van der Waals surface area contributed by atoms with Gasteiger partial charge in [0.05, 0.1) is 16.5 Å². The molecule has 3 aromatic carbocycles. The quantitative estimate of drug-likeness (QED) is 0.0481. The van der Waals surface area contributed by atoms with Crippen molar-refractivity contribution in [1.82, 2.24) is 10.2 Å². The van der Waals surface area contributed by atoms with E-state index in [0.717, 1.165) is 22.5 Å². The number of ketones is 1. The number of Topliss-reactive ketones (excluding diaryl/α,β-unsaturated/α-hetero) is 1. The molecule has 1 atom stereocenters. The first-order chi connectivity index (χ1) is 19.1. The molecule has 1 N–H and O–H groups in total. The molecule has 1 unspecified atom stereocenters. The number of carbonyl (C=O) groups is 2. The molecule has 2 heterocycles. The Morgan fingerprint density at radius 3 is 2.45 bits per heavy atom. The minimum atomic E-state index is -1.07. The summed E-state index contributed by atoms with van der Waals surface area (Å²) < 4.78 is 0.573. The third-order valence-corrected chi connectivity index (χ3v) is 8.77. The zero-order valence-corrected chi connectivity index (χ0v) is 23.6.